The number of para-hydroxylation sites is 1. The van der Waals surface area contributed by atoms with E-state index in [-0.39, 0.29) is 36.4 Å². The first-order valence-electron chi connectivity index (χ1n) is 8.12. The van der Waals surface area contributed by atoms with Gasteiger partial charge in [-0.05, 0) is 26.0 Å². The fourth-order valence-corrected chi connectivity index (χ4v) is 3.78. The van der Waals surface area contributed by atoms with Crippen molar-refractivity contribution in [2.24, 2.45) is 0 Å². The Labute approximate surface area is 152 Å². The molecule has 6 nitrogen and oxygen atoms in total. The van der Waals surface area contributed by atoms with Gasteiger partial charge in [-0.3, -0.25) is 9.59 Å². The number of amides is 1. The first-order chi connectivity index (χ1) is 11.8. The van der Waals surface area contributed by atoms with E-state index in [4.69, 9.17) is 0 Å². The van der Waals surface area contributed by atoms with Crippen LogP contribution in [0.3, 0.4) is 0 Å². The first kappa shape index (κ1) is 19.0. The molecule has 1 atom stereocenters. The van der Waals surface area contributed by atoms with Gasteiger partial charge in [-0.2, -0.15) is 5.26 Å². The highest BCUT2D eigenvalue weighted by Crippen LogP contribution is 2.45. The monoisotopic (exact) mass is 359 g/mol. The molecule has 1 aromatic carbocycles. The van der Waals surface area contributed by atoms with E-state index in [0.717, 1.165) is 15.5 Å². The number of hydrogen-bond acceptors (Lipinski definition) is 5. The number of carbonyl (C=O) groups is 2. The van der Waals surface area contributed by atoms with Crippen LogP contribution in [-0.2, 0) is 9.59 Å². The number of nitriles is 1. The molecule has 1 aliphatic rings. The van der Waals surface area contributed by atoms with Gasteiger partial charge in [-0.15, -0.1) is 0 Å². The van der Waals surface area contributed by atoms with Crippen LogP contribution < -0.4 is 15.1 Å². The maximum Gasteiger partial charge on any atom is 0.275 e. The van der Waals surface area contributed by atoms with E-state index in [1.54, 1.807) is 7.05 Å². The van der Waals surface area contributed by atoms with Gasteiger partial charge in [0, 0.05) is 18.0 Å². The number of carbonyl (C=O) groups excluding carboxylic acids is 2. The van der Waals surface area contributed by atoms with Crippen molar-refractivity contribution in [1.29, 1.82) is 5.26 Å². The smallest absolute Gasteiger partial charge is 0.275 e. The number of Topliss-reactive ketones (excluding diaryl/α,β-unsaturated/α-hetero) is 1. The number of quaternary nitrogens is 1. The van der Waals surface area contributed by atoms with Crippen LogP contribution in [0.2, 0.25) is 0 Å². The Bertz CT molecular complexity index is 752. The van der Waals surface area contributed by atoms with Crippen molar-refractivity contribution in [3.05, 3.63) is 34.9 Å². The molecule has 25 heavy (non-hydrogen) atoms. The zero-order valence-corrected chi connectivity index (χ0v) is 15.7. The molecule has 1 unspecified atom stereocenters. The summed E-state index contributed by atoms with van der Waals surface area (Å²) in [6, 6.07) is 9.91. The second kappa shape index (κ2) is 8.19. The van der Waals surface area contributed by atoms with Gasteiger partial charge in [0.25, 0.3) is 5.91 Å². The summed E-state index contributed by atoms with van der Waals surface area (Å²) in [5.74, 6) is -0.356. The van der Waals surface area contributed by atoms with Crippen molar-refractivity contribution in [2.45, 2.75) is 24.8 Å². The highest BCUT2D eigenvalue weighted by molar-refractivity contribution is 8.03. The number of nitrogens with one attached hydrogen (secondary N) is 2. The maximum atomic E-state index is 12.6. The lowest BCUT2D eigenvalue weighted by Gasteiger charge is -2.17. The van der Waals surface area contributed by atoms with E-state index in [0.29, 0.717) is 5.03 Å². The van der Waals surface area contributed by atoms with E-state index >= 15 is 0 Å². The molecule has 0 aliphatic carbocycles. The van der Waals surface area contributed by atoms with E-state index < -0.39 is 0 Å². The van der Waals surface area contributed by atoms with Crippen LogP contribution in [0.1, 0.15) is 13.8 Å². The van der Waals surface area contributed by atoms with Crippen LogP contribution in [0.5, 0.6) is 0 Å². The highest BCUT2D eigenvalue weighted by Gasteiger charge is 2.29. The lowest BCUT2D eigenvalue weighted by molar-refractivity contribution is -0.862. The molecule has 1 heterocycles. The molecule has 1 aliphatic heterocycles. The van der Waals surface area contributed by atoms with Gasteiger partial charge in [-0.1, -0.05) is 23.9 Å². The van der Waals surface area contributed by atoms with Gasteiger partial charge in [0.05, 0.1) is 12.7 Å². The van der Waals surface area contributed by atoms with Crippen LogP contribution in [-0.4, -0.2) is 44.9 Å². The van der Waals surface area contributed by atoms with Crippen LogP contribution in [0.25, 0.3) is 0 Å². The zero-order valence-electron chi connectivity index (χ0n) is 14.9. The summed E-state index contributed by atoms with van der Waals surface area (Å²) in [5.41, 5.74) is 1.13. The number of ketones is 1. The fraction of sp³-hybridized carbons (Fsp3) is 0.389. The Balaban J connectivity index is 2.10. The largest absolute Gasteiger partial charge is 0.349 e. The number of likely N-dealkylation sites (N-methyl/N-ethyl adjacent to an activating group) is 1. The third kappa shape index (κ3) is 4.62. The number of thioether (sulfide) groups is 1. The average molecular weight is 359 g/mol. The normalized spacial score (nSPS) is 16.2. The van der Waals surface area contributed by atoms with Crippen molar-refractivity contribution in [3.8, 4) is 6.07 Å². The number of anilines is 1. The van der Waals surface area contributed by atoms with Crippen LogP contribution in [0.4, 0.5) is 5.69 Å². The minimum absolute atomic E-state index is 0.0647. The number of nitrogens with zero attached hydrogens (tertiary/aromatic N) is 2. The maximum absolute atomic E-state index is 12.6. The molecular formula is C18H23N4O2S+. The zero-order chi connectivity index (χ0) is 18.6. The summed E-state index contributed by atoms with van der Waals surface area (Å²) >= 11 is 1.43. The standard InChI is InChI=1S/C18H22N4O2S/c1-12(2)20-17(24)11-21(3)10-15(23)13(9-19)18-22(4)14-7-5-6-8-16(14)25-18/h5-8,12H,10-11H2,1-4H3,(H,20,24)/p+1/b18-13-. The quantitative estimate of drug-likeness (QED) is 0.574. The Morgan fingerprint density at radius 3 is 2.60 bits per heavy atom. The summed E-state index contributed by atoms with van der Waals surface area (Å²) in [4.78, 5) is 28.1. The van der Waals surface area contributed by atoms with Crippen molar-refractivity contribution in [2.75, 3.05) is 32.1 Å². The number of rotatable bonds is 6. The molecule has 2 rings (SSSR count). The fourth-order valence-electron chi connectivity index (χ4n) is 2.62. The van der Waals surface area contributed by atoms with Gasteiger partial charge in [0.2, 0.25) is 5.78 Å². The molecule has 1 amide bonds. The second-order valence-corrected chi connectivity index (χ2v) is 7.41. The molecular weight excluding hydrogens is 336 g/mol. The Hall–Kier alpha value is -2.30. The topological polar surface area (TPSA) is 77.6 Å². The van der Waals surface area contributed by atoms with E-state index in [1.165, 1.54) is 11.8 Å². The van der Waals surface area contributed by atoms with Crippen molar-refractivity contribution in [1.82, 2.24) is 5.32 Å². The van der Waals surface area contributed by atoms with Gasteiger partial charge in [0.1, 0.15) is 23.2 Å². The molecule has 1 aromatic rings. The van der Waals surface area contributed by atoms with E-state index in [9.17, 15) is 14.9 Å². The van der Waals surface area contributed by atoms with E-state index in [1.807, 2.05) is 50.1 Å². The number of benzene rings is 1. The third-order valence-electron chi connectivity index (χ3n) is 3.72. The lowest BCUT2D eigenvalue weighted by Crippen LogP contribution is -3.11. The van der Waals surface area contributed by atoms with Crippen molar-refractivity contribution >= 4 is 29.1 Å². The molecule has 0 saturated carbocycles. The van der Waals surface area contributed by atoms with Crippen LogP contribution in [0.15, 0.2) is 39.8 Å². The number of hydrogen-bond donors (Lipinski definition) is 2. The Kier molecular flexibility index (Phi) is 6.23. The lowest BCUT2D eigenvalue weighted by atomic mass is 10.2. The SMILES string of the molecule is CC(C)NC(=O)C[NH+](C)CC(=O)/C(C#N)=C1\Sc2ccccc2N1C. The van der Waals surface area contributed by atoms with Gasteiger partial charge in [-0.25, -0.2) is 0 Å². The predicted molar refractivity (Wildman–Crippen MR) is 98.2 cm³/mol. The molecule has 0 spiro atoms. The van der Waals surface area contributed by atoms with Crippen LogP contribution in [0, 0.1) is 11.3 Å². The second-order valence-electron chi connectivity index (χ2n) is 6.38. The van der Waals surface area contributed by atoms with E-state index in [2.05, 4.69) is 11.4 Å². The highest BCUT2D eigenvalue weighted by atomic mass is 32.2. The predicted octanol–water partition coefficient (Wildman–Crippen LogP) is 0.572. The summed E-state index contributed by atoms with van der Waals surface area (Å²) in [6.45, 7) is 4.08. The third-order valence-corrected chi connectivity index (χ3v) is 4.95. The molecule has 0 fully saturated rings. The molecule has 2 N–H and O–H groups in total. The molecule has 132 valence electrons. The molecule has 7 heteroatoms. The summed E-state index contributed by atoms with van der Waals surface area (Å²) < 4.78 is 0. The van der Waals surface area contributed by atoms with Gasteiger partial charge >= 0.3 is 0 Å². The Morgan fingerprint density at radius 1 is 1.32 bits per heavy atom. The summed E-state index contributed by atoms with van der Waals surface area (Å²) in [6.07, 6.45) is 0. The summed E-state index contributed by atoms with van der Waals surface area (Å²) in [7, 11) is 3.63. The number of fused-ring (bicyclic) bond motifs is 1. The molecule has 0 saturated heterocycles. The van der Waals surface area contributed by atoms with Gasteiger partial charge in [0.15, 0.2) is 6.54 Å². The van der Waals surface area contributed by atoms with Crippen LogP contribution >= 0.6 is 11.8 Å². The minimum Gasteiger partial charge on any atom is -0.349 e. The first-order valence-corrected chi connectivity index (χ1v) is 8.94. The minimum atomic E-state index is -0.250. The molecule has 0 bridgehead atoms. The molecule has 0 radical (unpaired) electrons. The summed E-state index contributed by atoms with van der Waals surface area (Å²) in [5, 5.41) is 13.0. The molecule has 0 aromatic heterocycles. The average Bonchev–Trinajstić information content (AvgIpc) is 2.84. The van der Waals surface area contributed by atoms with Crippen molar-refractivity contribution < 1.29 is 14.5 Å². The Morgan fingerprint density at radius 2 is 2.00 bits per heavy atom. The van der Waals surface area contributed by atoms with Gasteiger partial charge < -0.3 is 15.1 Å². The van der Waals surface area contributed by atoms with Crippen molar-refractivity contribution in [3.63, 3.8) is 0 Å².